The number of likely N-dealkylation sites (N-methyl/N-ethyl adjacent to an activating group) is 1. The van der Waals surface area contributed by atoms with E-state index in [0.29, 0.717) is 6.10 Å². The molecule has 0 aromatic carbocycles. The van der Waals surface area contributed by atoms with Gasteiger partial charge in [-0.25, -0.2) is 0 Å². The largest absolute Gasteiger partial charge is 0.376 e. The molecule has 2 nitrogen and oxygen atoms in total. The van der Waals surface area contributed by atoms with Crippen molar-refractivity contribution in [3.05, 3.63) is 0 Å². The van der Waals surface area contributed by atoms with E-state index in [1.165, 1.54) is 12.8 Å². The van der Waals surface area contributed by atoms with Gasteiger partial charge >= 0.3 is 0 Å². The van der Waals surface area contributed by atoms with E-state index in [1.54, 1.807) is 0 Å². The van der Waals surface area contributed by atoms with Gasteiger partial charge in [-0.3, -0.25) is 0 Å². The highest BCUT2D eigenvalue weighted by Crippen LogP contribution is 2.11. The van der Waals surface area contributed by atoms with E-state index in [1.807, 2.05) is 0 Å². The van der Waals surface area contributed by atoms with Gasteiger partial charge in [-0.1, -0.05) is 20.3 Å². The van der Waals surface area contributed by atoms with Gasteiger partial charge in [0, 0.05) is 19.7 Å². The van der Waals surface area contributed by atoms with Gasteiger partial charge < -0.3 is 9.64 Å². The van der Waals surface area contributed by atoms with Gasteiger partial charge in [0.15, 0.2) is 0 Å². The molecule has 1 aliphatic heterocycles. The maximum Gasteiger partial charge on any atom is 0.0828 e. The van der Waals surface area contributed by atoms with Crippen LogP contribution >= 0.6 is 0 Å². The molecule has 1 unspecified atom stereocenters. The number of nitrogens with zero attached hydrogens (tertiary/aromatic N) is 1. The minimum Gasteiger partial charge on any atom is -0.376 e. The Kier molecular flexibility index (Phi) is 4.02. The molecule has 1 fully saturated rings. The zero-order valence-electron chi connectivity index (χ0n) is 8.55. The Bertz CT molecular complexity index is 121. The van der Waals surface area contributed by atoms with Gasteiger partial charge in [-0.15, -0.1) is 0 Å². The van der Waals surface area contributed by atoms with Crippen molar-refractivity contribution in [2.75, 3.05) is 26.7 Å². The quantitative estimate of drug-likeness (QED) is 0.625. The van der Waals surface area contributed by atoms with E-state index in [2.05, 4.69) is 25.8 Å². The summed E-state index contributed by atoms with van der Waals surface area (Å²) in [7, 11) is 2.13. The standard InChI is InChI=1S/C10H21NO/c1-4-9(2)5-6-12-10-7-11(3)8-10/h9-10H,4-8H2,1-3H3. The van der Waals surface area contributed by atoms with Crippen molar-refractivity contribution in [2.45, 2.75) is 32.8 Å². The van der Waals surface area contributed by atoms with Crippen LogP contribution in [0.1, 0.15) is 26.7 Å². The summed E-state index contributed by atoms with van der Waals surface area (Å²) in [6.45, 7) is 7.73. The molecule has 1 heterocycles. The van der Waals surface area contributed by atoms with Gasteiger partial charge in [-0.05, 0) is 19.4 Å². The average molecular weight is 171 g/mol. The van der Waals surface area contributed by atoms with Crippen LogP contribution in [0.4, 0.5) is 0 Å². The van der Waals surface area contributed by atoms with E-state index in [9.17, 15) is 0 Å². The third-order valence-corrected chi connectivity index (χ3v) is 2.69. The Balaban J connectivity index is 1.89. The van der Waals surface area contributed by atoms with Crippen LogP contribution in [0.25, 0.3) is 0 Å². The number of hydrogen-bond donors (Lipinski definition) is 0. The molecule has 1 rings (SSSR count). The molecule has 72 valence electrons. The van der Waals surface area contributed by atoms with Crippen molar-refractivity contribution >= 4 is 0 Å². The van der Waals surface area contributed by atoms with E-state index in [-0.39, 0.29) is 0 Å². The Morgan fingerprint density at radius 3 is 2.67 bits per heavy atom. The topological polar surface area (TPSA) is 12.5 Å². The van der Waals surface area contributed by atoms with Crippen molar-refractivity contribution in [1.29, 1.82) is 0 Å². The first kappa shape index (κ1) is 10.0. The molecule has 1 saturated heterocycles. The minimum atomic E-state index is 0.527. The summed E-state index contributed by atoms with van der Waals surface area (Å²) >= 11 is 0. The number of likely N-dealkylation sites (tertiary alicyclic amines) is 1. The van der Waals surface area contributed by atoms with Crippen LogP contribution < -0.4 is 0 Å². The first-order valence-electron chi connectivity index (χ1n) is 5.02. The highest BCUT2D eigenvalue weighted by Gasteiger charge is 2.23. The summed E-state index contributed by atoms with van der Waals surface area (Å²) in [6, 6.07) is 0. The Labute approximate surface area is 75.9 Å². The summed E-state index contributed by atoms with van der Waals surface area (Å²) < 4.78 is 5.68. The van der Waals surface area contributed by atoms with Crippen molar-refractivity contribution in [2.24, 2.45) is 5.92 Å². The summed E-state index contributed by atoms with van der Waals surface area (Å²) in [5, 5.41) is 0. The highest BCUT2D eigenvalue weighted by atomic mass is 16.5. The summed E-state index contributed by atoms with van der Waals surface area (Å²) in [5.41, 5.74) is 0. The van der Waals surface area contributed by atoms with Crippen LogP contribution in [-0.4, -0.2) is 37.7 Å². The molecule has 0 aromatic heterocycles. The predicted molar refractivity (Wildman–Crippen MR) is 51.3 cm³/mol. The fourth-order valence-electron chi connectivity index (χ4n) is 1.39. The van der Waals surface area contributed by atoms with Gasteiger partial charge in [-0.2, -0.15) is 0 Å². The Morgan fingerprint density at radius 2 is 2.17 bits per heavy atom. The lowest BCUT2D eigenvalue weighted by atomic mass is 10.1. The molecular weight excluding hydrogens is 150 g/mol. The van der Waals surface area contributed by atoms with Crippen LogP contribution in [0.5, 0.6) is 0 Å². The molecule has 2 heteroatoms. The molecule has 0 N–H and O–H groups in total. The zero-order valence-corrected chi connectivity index (χ0v) is 8.55. The van der Waals surface area contributed by atoms with Gasteiger partial charge in [0.25, 0.3) is 0 Å². The normalized spacial score (nSPS) is 22.2. The molecule has 0 bridgehead atoms. The lowest BCUT2D eigenvalue weighted by molar-refractivity contribution is -0.0465. The Hall–Kier alpha value is -0.0800. The fraction of sp³-hybridized carbons (Fsp3) is 1.00. The van der Waals surface area contributed by atoms with Crippen molar-refractivity contribution in [1.82, 2.24) is 4.90 Å². The fourth-order valence-corrected chi connectivity index (χ4v) is 1.39. The monoisotopic (exact) mass is 171 g/mol. The average Bonchev–Trinajstić information content (AvgIpc) is 2.01. The van der Waals surface area contributed by atoms with E-state index < -0.39 is 0 Å². The Morgan fingerprint density at radius 1 is 1.50 bits per heavy atom. The van der Waals surface area contributed by atoms with Crippen LogP contribution in [-0.2, 0) is 4.74 Å². The van der Waals surface area contributed by atoms with Crippen molar-refractivity contribution in [3.63, 3.8) is 0 Å². The summed E-state index contributed by atoms with van der Waals surface area (Å²) in [6.07, 6.45) is 3.02. The lowest BCUT2D eigenvalue weighted by Gasteiger charge is -2.36. The second kappa shape index (κ2) is 4.83. The van der Waals surface area contributed by atoms with Crippen LogP contribution in [0.15, 0.2) is 0 Å². The van der Waals surface area contributed by atoms with Crippen molar-refractivity contribution < 1.29 is 4.74 Å². The maximum atomic E-state index is 5.68. The second-order valence-corrected chi connectivity index (χ2v) is 4.02. The van der Waals surface area contributed by atoms with E-state index in [0.717, 1.165) is 25.6 Å². The van der Waals surface area contributed by atoms with Gasteiger partial charge in [0.2, 0.25) is 0 Å². The zero-order chi connectivity index (χ0) is 8.97. The van der Waals surface area contributed by atoms with Crippen LogP contribution in [0, 0.1) is 5.92 Å². The number of rotatable bonds is 5. The molecule has 0 amide bonds. The molecule has 12 heavy (non-hydrogen) atoms. The van der Waals surface area contributed by atoms with Crippen LogP contribution in [0.2, 0.25) is 0 Å². The molecule has 1 atom stereocenters. The molecule has 0 saturated carbocycles. The summed E-state index contributed by atoms with van der Waals surface area (Å²) in [4.78, 5) is 2.29. The van der Waals surface area contributed by atoms with Gasteiger partial charge in [0.1, 0.15) is 0 Å². The number of ether oxygens (including phenoxy) is 1. The smallest absolute Gasteiger partial charge is 0.0828 e. The number of hydrogen-bond acceptors (Lipinski definition) is 2. The van der Waals surface area contributed by atoms with E-state index in [4.69, 9.17) is 4.74 Å². The van der Waals surface area contributed by atoms with Crippen LogP contribution in [0.3, 0.4) is 0 Å². The third kappa shape index (κ3) is 3.11. The third-order valence-electron chi connectivity index (χ3n) is 2.69. The molecule has 0 aromatic rings. The molecule has 0 spiro atoms. The summed E-state index contributed by atoms with van der Waals surface area (Å²) in [5.74, 6) is 0.822. The van der Waals surface area contributed by atoms with Crippen molar-refractivity contribution in [3.8, 4) is 0 Å². The second-order valence-electron chi connectivity index (χ2n) is 4.02. The minimum absolute atomic E-state index is 0.527. The lowest BCUT2D eigenvalue weighted by Crippen LogP contribution is -2.49. The van der Waals surface area contributed by atoms with E-state index >= 15 is 0 Å². The first-order valence-corrected chi connectivity index (χ1v) is 5.02. The molecule has 0 aliphatic carbocycles. The molecule has 1 aliphatic rings. The predicted octanol–water partition coefficient (Wildman–Crippen LogP) is 1.75. The maximum absolute atomic E-state index is 5.68. The molecule has 0 radical (unpaired) electrons. The SMILES string of the molecule is CCC(C)CCOC1CN(C)C1. The van der Waals surface area contributed by atoms with Gasteiger partial charge in [0.05, 0.1) is 6.10 Å². The highest BCUT2D eigenvalue weighted by molar-refractivity contribution is 4.77. The molecular formula is C10H21NO. The first-order chi connectivity index (χ1) is 5.72.